The van der Waals surface area contributed by atoms with Gasteiger partial charge in [0.15, 0.2) is 0 Å². The number of nitrogens with one attached hydrogen (secondary N) is 1. The van der Waals surface area contributed by atoms with Crippen molar-refractivity contribution in [2.45, 2.75) is 55.6 Å². The number of anilines is 1. The van der Waals surface area contributed by atoms with E-state index in [1.165, 1.54) is 17.0 Å². The summed E-state index contributed by atoms with van der Waals surface area (Å²) in [4.78, 5) is 29.8. The van der Waals surface area contributed by atoms with Crippen molar-refractivity contribution in [3.05, 3.63) is 131 Å². The smallest absolute Gasteiger partial charge is 0.264 e. The first-order chi connectivity index (χ1) is 21.7. The predicted molar refractivity (Wildman–Crippen MR) is 176 cm³/mol. The lowest BCUT2D eigenvalue weighted by Gasteiger charge is -2.34. The third kappa shape index (κ3) is 8.38. The van der Waals surface area contributed by atoms with E-state index < -0.39 is 34.3 Å². The monoisotopic (exact) mass is 691 g/mol. The van der Waals surface area contributed by atoms with Gasteiger partial charge < -0.3 is 10.2 Å². The zero-order valence-electron chi connectivity index (χ0n) is 24.7. The molecule has 0 bridgehead atoms. The molecule has 1 N–H and O–H groups in total. The van der Waals surface area contributed by atoms with Crippen LogP contribution in [0.25, 0.3) is 0 Å². The minimum Gasteiger partial charge on any atom is -0.352 e. The maximum Gasteiger partial charge on any atom is 0.264 e. The molecule has 1 unspecified atom stereocenters. The number of para-hydroxylation sites is 1. The lowest BCUT2D eigenvalue weighted by molar-refractivity contribution is -0.140. The molecule has 0 radical (unpaired) electrons. The third-order valence-electron chi connectivity index (χ3n) is 7.94. The molecule has 0 heterocycles. The zero-order chi connectivity index (χ0) is 31.8. The summed E-state index contributed by atoms with van der Waals surface area (Å²) in [6.45, 7) is -0.493. The molecule has 4 aromatic rings. The summed E-state index contributed by atoms with van der Waals surface area (Å²) in [5, 5.41) is 3.17. The maximum atomic E-state index is 14.5. The minimum atomic E-state index is -4.29. The Morgan fingerprint density at radius 2 is 1.47 bits per heavy atom. The van der Waals surface area contributed by atoms with Gasteiger partial charge in [-0.3, -0.25) is 13.9 Å². The first-order valence-corrected chi connectivity index (χ1v) is 17.2. The number of rotatable bonds is 12. The molecular weight excluding hydrogens is 657 g/mol. The molecule has 1 fully saturated rings. The van der Waals surface area contributed by atoms with Gasteiger partial charge in [-0.15, -0.1) is 0 Å². The molecule has 0 spiro atoms. The highest BCUT2D eigenvalue weighted by molar-refractivity contribution is 9.10. The summed E-state index contributed by atoms with van der Waals surface area (Å²) < 4.78 is 43.5. The second-order valence-corrected chi connectivity index (χ2v) is 13.9. The quantitative estimate of drug-likeness (QED) is 0.184. The van der Waals surface area contributed by atoms with Crippen LogP contribution < -0.4 is 9.62 Å². The van der Waals surface area contributed by atoms with Crippen molar-refractivity contribution in [1.29, 1.82) is 0 Å². The highest BCUT2D eigenvalue weighted by Gasteiger charge is 2.35. The first-order valence-electron chi connectivity index (χ1n) is 14.9. The lowest BCUT2D eigenvalue weighted by Crippen LogP contribution is -2.54. The van der Waals surface area contributed by atoms with Crippen LogP contribution >= 0.6 is 15.9 Å². The molecule has 1 atom stereocenters. The summed E-state index contributed by atoms with van der Waals surface area (Å²) in [5.41, 5.74) is 1.92. The lowest BCUT2D eigenvalue weighted by atomic mass is 10.0. The molecule has 0 aliphatic heterocycles. The maximum absolute atomic E-state index is 14.5. The van der Waals surface area contributed by atoms with Crippen LogP contribution in [0.15, 0.2) is 119 Å². The summed E-state index contributed by atoms with van der Waals surface area (Å²) >= 11 is 3.50. The average molecular weight is 693 g/mol. The Balaban J connectivity index is 1.55. The molecule has 1 saturated carbocycles. The van der Waals surface area contributed by atoms with Crippen LogP contribution in [-0.2, 0) is 32.6 Å². The molecule has 234 valence electrons. The number of nitrogens with zero attached hydrogens (tertiary/aromatic N) is 2. The molecule has 1 aliphatic rings. The van der Waals surface area contributed by atoms with E-state index in [-0.39, 0.29) is 35.5 Å². The third-order valence-corrected chi connectivity index (χ3v) is 10.2. The van der Waals surface area contributed by atoms with Crippen molar-refractivity contribution in [3.63, 3.8) is 0 Å². The second-order valence-electron chi connectivity index (χ2n) is 11.1. The molecule has 2 amide bonds. The highest BCUT2D eigenvalue weighted by Crippen LogP contribution is 2.26. The van der Waals surface area contributed by atoms with Crippen molar-refractivity contribution in [1.82, 2.24) is 10.2 Å². The van der Waals surface area contributed by atoms with E-state index in [2.05, 4.69) is 21.2 Å². The van der Waals surface area contributed by atoms with Gasteiger partial charge in [0.05, 0.1) is 10.6 Å². The number of sulfonamides is 1. The van der Waals surface area contributed by atoms with Crippen LogP contribution in [0.1, 0.15) is 36.8 Å². The van der Waals surface area contributed by atoms with Crippen LogP contribution in [-0.4, -0.2) is 43.8 Å². The molecular formula is C35H35BrFN3O4S. The number of hydrogen-bond acceptors (Lipinski definition) is 4. The van der Waals surface area contributed by atoms with Crippen molar-refractivity contribution in [3.8, 4) is 0 Å². The van der Waals surface area contributed by atoms with E-state index in [0.29, 0.717) is 0 Å². The normalized spacial score (nSPS) is 14.1. The standard InChI is InChI=1S/C35H35BrFN3O4S/c36-28-13-9-12-27(22-28)24-39(33(23-26-10-3-1-4-11-26)35(42)38-30-14-7-8-15-30)34(41)25-40(31-16-5-2-6-17-31)45(43,44)32-20-18-29(37)19-21-32/h1-6,9-13,16-22,30,33H,7-8,14-15,23-25H2,(H,38,42). The molecule has 0 saturated heterocycles. The largest absolute Gasteiger partial charge is 0.352 e. The number of hydrogen-bond donors (Lipinski definition) is 1. The van der Waals surface area contributed by atoms with Crippen molar-refractivity contribution >= 4 is 43.5 Å². The molecule has 7 nitrogen and oxygen atoms in total. The van der Waals surface area contributed by atoms with Gasteiger partial charge in [-0.05, 0) is 72.5 Å². The Kier molecular flexibility index (Phi) is 10.7. The van der Waals surface area contributed by atoms with Gasteiger partial charge >= 0.3 is 0 Å². The van der Waals surface area contributed by atoms with Gasteiger partial charge in [0.2, 0.25) is 11.8 Å². The van der Waals surface area contributed by atoms with Gasteiger partial charge in [-0.1, -0.05) is 89.4 Å². The van der Waals surface area contributed by atoms with Crippen LogP contribution in [0.4, 0.5) is 10.1 Å². The fourth-order valence-electron chi connectivity index (χ4n) is 5.61. The van der Waals surface area contributed by atoms with E-state index in [0.717, 1.165) is 57.7 Å². The van der Waals surface area contributed by atoms with E-state index in [4.69, 9.17) is 0 Å². The predicted octanol–water partition coefficient (Wildman–Crippen LogP) is 6.48. The Hall–Kier alpha value is -4.02. The van der Waals surface area contributed by atoms with E-state index >= 15 is 0 Å². The number of benzene rings is 4. The van der Waals surface area contributed by atoms with Gasteiger partial charge in [0.25, 0.3) is 10.0 Å². The first kappa shape index (κ1) is 32.4. The fraction of sp³-hybridized carbons (Fsp3) is 0.257. The van der Waals surface area contributed by atoms with Crippen molar-refractivity contribution in [2.24, 2.45) is 0 Å². The van der Waals surface area contributed by atoms with Gasteiger partial charge in [-0.25, -0.2) is 12.8 Å². The Morgan fingerprint density at radius 3 is 2.11 bits per heavy atom. The van der Waals surface area contributed by atoms with Crippen LogP contribution in [0.2, 0.25) is 0 Å². The van der Waals surface area contributed by atoms with Gasteiger partial charge in [-0.2, -0.15) is 0 Å². The zero-order valence-corrected chi connectivity index (χ0v) is 27.1. The number of amides is 2. The highest BCUT2D eigenvalue weighted by atomic mass is 79.9. The van der Waals surface area contributed by atoms with E-state index in [1.54, 1.807) is 30.3 Å². The summed E-state index contributed by atoms with van der Waals surface area (Å²) in [7, 11) is -4.29. The summed E-state index contributed by atoms with van der Waals surface area (Å²) in [5.74, 6) is -1.40. The molecule has 5 rings (SSSR count). The van der Waals surface area contributed by atoms with Gasteiger partial charge in [0.1, 0.15) is 18.4 Å². The molecule has 45 heavy (non-hydrogen) atoms. The SMILES string of the molecule is O=C(NC1CCCC1)C(Cc1ccccc1)N(Cc1cccc(Br)c1)C(=O)CN(c1ccccc1)S(=O)(=O)c1ccc(F)cc1. The number of carbonyl (C=O) groups is 2. The molecule has 0 aromatic heterocycles. The minimum absolute atomic E-state index is 0.0262. The average Bonchev–Trinajstić information content (AvgIpc) is 3.55. The Labute approximate surface area is 272 Å². The fourth-order valence-corrected chi connectivity index (χ4v) is 7.47. The Bertz CT molecular complexity index is 1700. The van der Waals surface area contributed by atoms with Crippen molar-refractivity contribution < 1.29 is 22.4 Å². The number of halogens is 2. The molecule has 4 aromatic carbocycles. The Morgan fingerprint density at radius 1 is 0.844 bits per heavy atom. The molecule has 1 aliphatic carbocycles. The van der Waals surface area contributed by atoms with Crippen molar-refractivity contribution in [2.75, 3.05) is 10.8 Å². The van der Waals surface area contributed by atoms with E-state index in [1.807, 2.05) is 54.6 Å². The molecule has 10 heteroatoms. The van der Waals surface area contributed by atoms with Crippen LogP contribution in [0, 0.1) is 5.82 Å². The second kappa shape index (κ2) is 14.8. The summed E-state index contributed by atoms with van der Waals surface area (Å²) in [6.07, 6.45) is 4.06. The van der Waals surface area contributed by atoms with E-state index in [9.17, 15) is 22.4 Å². The number of carbonyl (C=O) groups excluding carboxylic acids is 2. The topological polar surface area (TPSA) is 86.8 Å². The van der Waals surface area contributed by atoms with Crippen LogP contribution in [0.5, 0.6) is 0 Å². The van der Waals surface area contributed by atoms with Gasteiger partial charge in [0, 0.05) is 23.5 Å². The summed E-state index contributed by atoms with van der Waals surface area (Å²) in [6, 6.07) is 28.8. The van der Waals surface area contributed by atoms with Crippen LogP contribution in [0.3, 0.4) is 0 Å².